The van der Waals surface area contributed by atoms with E-state index < -0.39 is 9.84 Å². The molecule has 0 saturated heterocycles. The first-order chi connectivity index (χ1) is 14.1. The quantitative estimate of drug-likeness (QED) is 0.528. The number of rotatable bonds is 8. The number of hydrogen-bond donors (Lipinski definition) is 0. The zero-order valence-corrected chi connectivity index (χ0v) is 19.1. The van der Waals surface area contributed by atoms with Crippen molar-refractivity contribution >= 4 is 42.4 Å². The lowest BCUT2D eigenvalue weighted by atomic mass is 10.2. The molecule has 0 aliphatic heterocycles. The number of ether oxygens (including phenoxy) is 1. The molecule has 0 aliphatic carbocycles. The number of carbonyl (C=O) groups excluding carboxylic acids is 1. The van der Waals surface area contributed by atoms with Crippen LogP contribution in [0.1, 0.15) is 5.56 Å². The van der Waals surface area contributed by atoms with Crippen molar-refractivity contribution in [2.45, 2.75) is 11.8 Å². The van der Waals surface area contributed by atoms with Crippen LogP contribution in [0.15, 0.2) is 47.4 Å². The van der Waals surface area contributed by atoms with Crippen molar-refractivity contribution in [2.75, 3.05) is 44.9 Å². The van der Waals surface area contributed by atoms with E-state index in [0.29, 0.717) is 29.5 Å². The van der Waals surface area contributed by atoms with Crippen LogP contribution in [0.25, 0.3) is 10.2 Å². The molecular weight excluding hydrogens is 422 g/mol. The minimum absolute atomic E-state index is 0.108. The van der Waals surface area contributed by atoms with Crippen LogP contribution in [0.3, 0.4) is 0 Å². The van der Waals surface area contributed by atoms with Gasteiger partial charge in [-0.15, -0.1) is 0 Å². The normalized spacial score (nSPS) is 11.8. The number of para-hydroxylation sites is 1. The number of nitrogens with zero attached hydrogens (tertiary/aromatic N) is 3. The van der Waals surface area contributed by atoms with Gasteiger partial charge in [-0.3, -0.25) is 9.69 Å². The first kappa shape index (κ1) is 22.2. The Kier molecular flexibility index (Phi) is 6.74. The number of thiazole rings is 1. The minimum Gasteiger partial charge on any atom is -0.483 e. The van der Waals surface area contributed by atoms with Gasteiger partial charge in [-0.1, -0.05) is 29.5 Å². The third-order valence-electron chi connectivity index (χ3n) is 4.52. The summed E-state index contributed by atoms with van der Waals surface area (Å²) in [6.45, 7) is 2.92. The van der Waals surface area contributed by atoms with Crippen molar-refractivity contribution in [1.82, 2.24) is 9.88 Å². The lowest BCUT2D eigenvalue weighted by Crippen LogP contribution is -2.39. The van der Waals surface area contributed by atoms with E-state index >= 15 is 0 Å². The Morgan fingerprint density at radius 3 is 2.53 bits per heavy atom. The van der Waals surface area contributed by atoms with Crippen LogP contribution in [0.4, 0.5) is 5.13 Å². The van der Waals surface area contributed by atoms with E-state index in [4.69, 9.17) is 4.74 Å². The van der Waals surface area contributed by atoms with E-state index in [-0.39, 0.29) is 17.4 Å². The van der Waals surface area contributed by atoms with Gasteiger partial charge in [0.2, 0.25) is 0 Å². The fraction of sp³-hybridized carbons (Fsp3) is 0.333. The lowest BCUT2D eigenvalue weighted by Gasteiger charge is -2.22. The average molecular weight is 448 g/mol. The van der Waals surface area contributed by atoms with Crippen LogP contribution in [0.2, 0.25) is 0 Å². The summed E-state index contributed by atoms with van der Waals surface area (Å²) < 4.78 is 30.2. The smallest absolute Gasteiger partial charge is 0.266 e. The molecular formula is C21H25N3O4S2. The van der Waals surface area contributed by atoms with Crippen molar-refractivity contribution in [3.8, 4) is 5.75 Å². The van der Waals surface area contributed by atoms with Gasteiger partial charge in [-0.25, -0.2) is 13.4 Å². The maximum atomic E-state index is 13.0. The van der Waals surface area contributed by atoms with Gasteiger partial charge in [-0.2, -0.15) is 0 Å². The Bertz CT molecular complexity index is 1160. The molecule has 1 amide bonds. The second kappa shape index (κ2) is 9.11. The van der Waals surface area contributed by atoms with E-state index in [9.17, 15) is 13.2 Å². The molecule has 0 aliphatic rings. The van der Waals surface area contributed by atoms with E-state index in [2.05, 4.69) is 4.98 Å². The molecule has 3 aromatic rings. The van der Waals surface area contributed by atoms with Crippen molar-refractivity contribution in [3.63, 3.8) is 0 Å². The Labute approximate surface area is 180 Å². The molecule has 0 bridgehead atoms. The van der Waals surface area contributed by atoms with E-state index in [1.54, 1.807) is 17.0 Å². The predicted molar refractivity (Wildman–Crippen MR) is 120 cm³/mol. The highest BCUT2D eigenvalue weighted by atomic mass is 32.2. The van der Waals surface area contributed by atoms with Crippen LogP contribution in [0.5, 0.6) is 5.75 Å². The Morgan fingerprint density at radius 2 is 1.87 bits per heavy atom. The van der Waals surface area contributed by atoms with E-state index in [1.165, 1.54) is 23.7 Å². The molecule has 0 atom stereocenters. The third kappa shape index (κ3) is 5.35. The zero-order valence-electron chi connectivity index (χ0n) is 17.5. The maximum Gasteiger partial charge on any atom is 0.266 e. The first-order valence-electron chi connectivity index (χ1n) is 9.39. The number of aryl methyl sites for hydroxylation is 1. The van der Waals surface area contributed by atoms with Crippen LogP contribution in [-0.4, -0.2) is 64.3 Å². The fourth-order valence-corrected chi connectivity index (χ4v) is 4.57. The highest BCUT2D eigenvalue weighted by Crippen LogP contribution is 2.31. The predicted octanol–water partition coefficient (Wildman–Crippen LogP) is 2.98. The zero-order chi connectivity index (χ0) is 21.9. The van der Waals surface area contributed by atoms with Gasteiger partial charge in [0.25, 0.3) is 5.91 Å². The second-order valence-corrected chi connectivity index (χ2v) is 10.3. The lowest BCUT2D eigenvalue weighted by molar-refractivity contribution is -0.120. The average Bonchev–Trinajstić information content (AvgIpc) is 3.09. The molecule has 0 spiro atoms. The van der Waals surface area contributed by atoms with E-state index in [0.717, 1.165) is 10.3 Å². The van der Waals surface area contributed by atoms with E-state index in [1.807, 2.05) is 50.2 Å². The summed E-state index contributed by atoms with van der Waals surface area (Å²) in [5, 5.41) is 0.524. The summed E-state index contributed by atoms with van der Waals surface area (Å²) in [5.74, 6) is 0.461. The van der Waals surface area contributed by atoms with Crippen molar-refractivity contribution in [2.24, 2.45) is 0 Å². The summed E-state index contributed by atoms with van der Waals surface area (Å²) in [7, 11) is 0.553. The summed E-state index contributed by atoms with van der Waals surface area (Å²) >= 11 is 1.30. The van der Waals surface area contributed by atoms with Crippen LogP contribution < -0.4 is 9.64 Å². The maximum absolute atomic E-state index is 13.0. The summed E-state index contributed by atoms with van der Waals surface area (Å²) in [6.07, 6.45) is 1.17. The van der Waals surface area contributed by atoms with Gasteiger partial charge in [-0.05, 0) is 50.8 Å². The molecule has 3 rings (SSSR count). The monoisotopic (exact) mass is 447 g/mol. The molecule has 0 unspecified atom stereocenters. The van der Waals surface area contributed by atoms with Gasteiger partial charge in [0.15, 0.2) is 21.6 Å². The van der Waals surface area contributed by atoms with Crippen LogP contribution in [0, 0.1) is 6.92 Å². The highest BCUT2D eigenvalue weighted by molar-refractivity contribution is 7.90. The van der Waals surface area contributed by atoms with Gasteiger partial charge in [0.1, 0.15) is 5.75 Å². The third-order valence-corrected chi connectivity index (χ3v) is 6.68. The largest absolute Gasteiger partial charge is 0.483 e. The molecule has 0 N–H and O–H groups in total. The molecule has 2 aromatic carbocycles. The Hall–Kier alpha value is -2.49. The van der Waals surface area contributed by atoms with Gasteiger partial charge in [0.05, 0.1) is 15.1 Å². The fourth-order valence-electron chi connectivity index (χ4n) is 2.80. The van der Waals surface area contributed by atoms with Crippen LogP contribution in [-0.2, 0) is 14.6 Å². The molecule has 0 radical (unpaired) electrons. The summed E-state index contributed by atoms with van der Waals surface area (Å²) in [5.41, 5.74) is 1.61. The number of hydrogen-bond acceptors (Lipinski definition) is 7. The number of anilines is 1. The molecule has 30 heavy (non-hydrogen) atoms. The molecule has 0 saturated carbocycles. The number of amides is 1. The molecule has 1 aromatic heterocycles. The van der Waals surface area contributed by atoms with Gasteiger partial charge < -0.3 is 9.64 Å². The number of benzene rings is 2. The number of carbonyl (C=O) groups is 1. The summed E-state index contributed by atoms with van der Waals surface area (Å²) in [4.78, 5) is 21.4. The SMILES string of the molecule is Cc1ccccc1OCC(=O)N(CCN(C)C)c1nc2ccc(S(C)(=O)=O)cc2s1. The molecule has 160 valence electrons. The second-order valence-electron chi connectivity index (χ2n) is 7.30. The minimum atomic E-state index is -3.31. The molecule has 1 heterocycles. The first-order valence-corrected chi connectivity index (χ1v) is 12.1. The number of sulfone groups is 1. The number of aromatic nitrogens is 1. The highest BCUT2D eigenvalue weighted by Gasteiger charge is 2.21. The molecule has 9 heteroatoms. The Morgan fingerprint density at radius 1 is 1.13 bits per heavy atom. The topological polar surface area (TPSA) is 79.8 Å². The summed E-state index contributed by atoms with van der Waals surface area (Å²) in [6, 6.07) is 12.3. The molecule has 0 fully saturated rings. The molecule has 7 nitrogen and oxygen atoms in total. The standard InChI is InChI=1S/C21H25N3O4S2/c1-15-7-5-6-8-18(15)28-14-20(25)24(12-11-23(2)3)21-22-17-10-9-16(30(4,26)27)13-19(17)29-21/h5-10,13H,11-12,14H2,1-4H3. The van der Waals surface area contributed by atoms with Gasteiger partial charge in [0, 0.05) is 19.3 Å². The number of fused-ring (bicyclic) bond motifs is 1. The Balaban J connectivity index is 1.87. The van der Waals surface area contributed by atoms with Crippen molar-refractivity contribution in [3.05, 3.63) is 48.0 Å². The van der Waals surface area contributed by atoms with Crippen LogP contribution >= 0.6 is 11.3 Å². The van der Waals surface area contributed by atoms with Crippen molar-refractivity contribution in [1.29, 1.82) is 0 Å². The number of likely N-dealkylation sites (N-methyl/N-ethyl adjacent to an activating group) is 1. The van der Waals surface area contributed by atoms with Gasteiger partial charge >= 0.3 is 0 Å². The van der Waals surface area contributed by atoms with Crippen molar-refractivity contribution < 1.29 is 17.9 Å².